The Morgan fingerprint density at radius 3 is 2.85 bits per heavy atom. The summed E-state index contributed by atoms with van der Waals surface area (Å²) in [6, 6.07) is 3.80. The van der Waals surface area contributed by atoms with Crippen molar-refractivity contribution in [3.63, 3.8) is 0 Å². The summed E-state index contributed by atoms with van der Waals surface area (Å²) in [6.45, 7) is 3.67. The van der Waals surface area contributed by atoms with Crippen LogP contribution in [0.25, 0.3) is 0 Å². The van der Waals surface area contributed by atoms with Gasteiger partial charge in [0.15, 0.2) is 5.03 Å². The maximum atomic E-state index is 13.2. The standard InChI is InChI=1S/C18H23N5O3S/c1-14-9-23(27(25,26)16-11-21(2)13-20-16)12-18(14)5-7-22(17(18)24)10-15-4-3-6-19-8-15/h3-4,6,8,11,13-14H,5,7,9-10,12H2,1-2H3/t14-,18-/m1/s1. The Morgan fingerprint density at radius 1 is 1.37 bits per heavy atom. The van der Waals surface area contributed by atoms with Crippen molar-refractivity contribution in [2.24, 2.45) is 18.4 Å². The number of likely N-dealkylation sites (tertiary alicyclic amines) is 1. The van der Waals surface area contributed by atoms with Gasteiger partial charge in [0.1, 0.15) is 0 Å². The van der Waals surface area contributed by atoms with Crippen LogP contribution in [0, 0.1) is 11.3 Å². The Morgan fingerprint density at radius 2 is 2.19 bits per heavy atom. The summed E-state index contributed by atoms with van der Waals surface area (Å²) in [5.41, 5.74) is 0.330. The molecule has 0 aromatic carbocycles. The average molecular weight is 389 g/mol. The molecule has 2 atom stereocenters. The number of rotatable bonds is 4. The Bertz CT molecular complexity index is 958. The van der Waals surface area contributed by atoms with Crippen molar-refractivity contribution in [2.75, 3.05) is 19.6 Å². The van der Waals surface area contributed by atoms with Crippen LogP contribution in [0.1, 0.15) is 18.9 Å². The van der Waals surface area contributed by atoms with E-state index in [2.05, 4.69) is 9.97 Å². The van der Waals surface area contributed by atoms with Crippen LogP contribution in [-0.2, 0) is 28.4 Å². The lowest BCUT2D eigenvalue weighted by Gasteiger charge is -2.26. The van der Waals surface area contributed by atoms with Gasteiger partial charge in [-0.1, -0.05) is 13.0 Å². The fourth-order valence-electron chi connectivity index (χ4n) is 4.18. The molecule has 1 amide bonds. The Balaban J connectivity index is 1.55. The number of nitrogens with zero attached hydrogens (tertiary/aromatic N) is 5. The highest BCUT2D eigenvalue weighted by Gasteiger charge is 2.57. The van der Waals surface area contributed by atoms with E-state index in [1.54, 1.807) is 24.0 Å². The molecule has 27 heavy (non-hydrogen) atoms. The summed E-state index contributed by atoms with van der Waals surface area (Å²) < 4.78 is 28.9. The van der Waals surface area contributed by atoms with E-state index in [1.165, 1.54) is 16.8 Å². The van der Waals surface area contributed by atoms with Gasteiger partial charge in [0, 0.05) is 51.8 Å². The minimum atomic E-state index is -3.69. The first-order chi connectivity index (χ1) is 12.8. The molecule has 0 radical (unpaired) electrons. The first kappa shape index (κ1) is 18.1. The highest BCUT2D eigenvalue weighted by molar-refractivity contribution is 7.89. The van der Waals surface area contributed by atoms with E-state index in [0.717, 1.165) is 5.56 Å². The number of aromatic nitrogens is 3. The van der Waals surface area contributed by atoms with E-state index in [1.807, 2.05) is 24.0 Å². The Hall–Kier alpha value is -2.26. The molecule has 2 aliphatic heterocycles. The third kappa shape index (κ3) is 2.94. The van der Waals surface area contributed by atoms with Gasteiger partial charge in [0.05, 0.1) is 11.7 Å². The maximum Gasteiger partial charge on any atom is 0.262 e. The molecule has 0 aliphatic carbocycles. The number of amides is 1. The lowest BCUT2D eigenvalue weighted by Crippen LogP contribution is -2.40. The number of hydrogen-bond acceptors (Lipinski definition) is 5. The fraction of sp³-hybridized carbons (Fsp3) is 0.500. The molecular weight excluding hydrogens is 366 g/mol. The van der Waals surface area contributed by atoms with E-state index >= 15 is 0 Å². The smallest absolute Gasteiger partial charge is 0.262 e. The monoisotopic (exact) mass is 389 g/mol. The van der Waals surface area contributed by atoms with Crippen LogP contribution in [-0.4, -0.2) is 57.7 Å². The second-order valence-corrected chi connectivity index (χ2v) is 9.45. The van der Waals surface area contributed by atoms with Crippen molar-refractivity contribution in [1.29, 1.82) is 0 Å². The average Bonchev–Trinajstić information content (AvgIpc) is 3.32. The van der Waals surface area contributed by atoms with Crippen LogP contribution in [0.4, 0.5) is 0 Å². The van der Waals surface area contributed by atoms with E-state index in [4.69, 9.17) is 0 Å². The van der Waals surface area contributed by atoms with Gasteiger partial charge in [-0.15, -0.1) is 0 Å². The van der Waals surface area contributed by atoms with Crippen molar-refractivity contribution in [1.82, 2.24) is 23.7 Å². The summed E-state index contributed by atoms with van der Waals surface area (Å²) in [5.74, 6) is -0.0000375. The molecule has 8 nitrogen and oxygen atoms in total. The fourth-order valence-corrected chi connectivity index (χ4v) is 5.74. The molecule has 1 spiro atoms. The summed E-state index contributed by atoms with van der Waals surface area (Å²) >= 11 is 0. The van der Waals surface area contributed by atoms with E-state index in [9.17, 15) is 13.2 Å². The molecular formula is C18H23N5O3S. The summed E-state index contributed by atoms with van der Waals surface area (Å²) in [5, 5.41) is 0.0342. The number of carbonyl (C=O) groups excluding carboxylic acids is 1. The molecule has 2 aromatic rings. The molecule has 0 N–H and O–H groups in total. The molecule has 9 heteroatoms. The van der Waals surface area contributed by atoms with Gasteiger partial charge in [-0.3, -0.25) is 9.78 Å². The van der Waals surface area contributed by atoms with Crippen molar-refractivity contribution < 1.29 is 13.2 Å². The van der Waals surface area contributed by atoms with Crippen LogP contribution in [0.15, 0.2) is 42.1 Å². The quantitative estimate of drug-likeness (QED) is 0.774. The van der Waals surface area contributed by atoms with Gasteiger partial charge in [0.2, 0.25) is 5.91 Å². The zero-order valence-corrected chi connectivity index (χ0v) is 16.3. The van der Waals surface area contributed by atoms with Crippen LogP contribution >= 0.6 is 0 Å². The second-order valence-electron chi connectivity index (χ2n) is 7.57. The van der Waals surface area contributed by atoms with Gasteiger partial charge in [-0.2, -0.15) is 4.31 Å². The molecule has 4 heterocycles. The minimum Gasteiger partial charge on any atom is -0.339 e. The van der Waals surface area contributed by atoms with Crippen molar-refractivity contribution >= 4 is 15.9 Å². The van der Waals surface area contributed by atoms with E-state index in [0.29, 0.717) is 26.1 Å². The van der Waals surface area contributed by atoms with Crippen molar-refractivity contribution in [2.45, 2.75) is 24.9 Å². The van der Waals surface area contributed by atoms with Crippen molar-refractivity contribution in [3.8, 4) is 0 Å². The number of pyridine rings is 1. The number of carbonyl (C=O) groups is 1. The maximum absolute atomic E-state index is 13.2. The number of sulfonamides is 1. The Kier molecular flexibility index (Phi) is 4.31. The van der Waals surface area contributed by atoms with E-state index in [-0.39, 0.29) is 23.4 Å². The molecule has 2 fully saturated rings. The highest BCUT2D eigenvalue weighted by atomic mass is 32.2. The normalized spacial score (nSPS) is 26.4. The van der Waals surface area contributed by atoms with Crippen LogP contribution in [0.2, 0.25) is 0 Å². The van der Waals surface area contributed by atoms with Gasteiger partial charge in [-0.25, -0.2) is 13.4 Å². The molecule has 2 saturated heterocycles. The first-order valence-electron chi connectivity index (χ1n) is 8.99. The number of aryl methyl sites for hydroxylation is 1. The van der Waals surface area contributed by atoms with Gasteiger partial charge >= 0.3 is 0 Å². The van der Waals surface area contributed by atoms with Gasteiger partial charge < -0.3 is 9.47 Å². The number of imidazole rings is 1. The van der Waals surface area contributed by atoms with Crippen molar-refractivity contribution in [3.05, 3.63) is 42.6 Å². The number of hydrogen-bond donors (Lipinski definition) is 0. The third-order valence-corrected chi connectivity index (χ3v) is 7.50. The zero-order valence-electron chi connectivity index (χ0n) is 15.4. The summed E-state index contributed by atoms with van der Waals surface area (Å²) in [4.78, 5) is 23.1. The predicted octanol–water partition coefficient (Wildman–Crippen LogP) is 0.874. The SMILES string of the molecule is C[C@@H]1CN(S(=O)(=O)c2cn(C)cn2)C[C@]12CCN(Cc1cccnc1)C2=O. The van der Waals surface area contributed by atoms with Gasteiger partial charge in [0.25, 0.3) is 10.0 Å². The molecule has 0 bridgehead atoms. The third-order valence-electron chi connectivity index (χ3n) is 5.80. The Labute approximate surface area is 158 Å². The largest absolute Gasteiger partial charge is 0.339 e. The zero-order chi connectivity index (χ0) is 19.2. The topological polar surface area (TPSA) is 88.4 Å². The summed E-state index contributed by atoms with van der Waals surface area (Å²) in [6.07, 6.45) is 7.10. The molecule has 2 aliphatic rings. The molecule has 144 valence electrons. The molecule has 0 saturated carbocycles. The van der Waals surface area contributed by atoms with Crippen LogP contribution < -0.4 is 0 Å². The molecule has 4 rings (SSSR count). The van der Waals surface area contributed by atoms with E-state index < -0.39 is 15.4 Å². The molecule has 0 unspecified atom stereocenters. The lowest BCUT2D eigenvalue weighted by molar-refractivity contribution is -0.137. The predicted molar refractivity (Wildman–Crippen MR) is 97.8 cm³/mol. The summed E-state index contributed by atoms with van der Waals surface area (Å²) in [7, 11) is -1.96. The minimum absolute atomic E-state index is 0.0342. The lowest BCUT2D eigenvalue weighted by atomic mass is 9.78. The van der Waals surface area contributed by atoms with Gasteiger partial charge in [-0.05, 0) is 24.0 Å². The van der Waals surface area contributed by atoms with Crippen LogP contribution in [0.5, 0.6) is 0 Å². The highest BCUT2D eigenvalue weighted by Crippen LogP contribution is 2.46. The second kappa shape index (κ2) is 6.42. The first-order valence-corrected chi connectivity index (χ1v) is 10.4. The van der Waals surface area contributed by atoms with Crippen LogP contribution in [0.3, 0.4) is 0 Å². The molecule has 2 aromatic heterocycles.